The molecule has 0 radical (unpaired) electrons. The summed E-state index contributed by atoms with van der Waals surface area (Å²) in [5, 5.41) is 3.02. The third kappa shape index (κ3) is 2.58. The third-order valence-corrected chi connectivity index (χ3v) is 6.04. The average molecular weight is 400 g/mol. The number of nitrogens with zero attached hydrogens (tertiary/aromatic N) is 3. The molecule has 7 heteroatoms. The topological polar surface area (TPSA) is 84.4 Å². The summed E-state index contributed by atoms with van der Waals surface area (Å²) in [6.07, 6.45) is 5.50. The Morgan fingerprint density at radius 3 is 2.87 bits per heavy atom. The first-order chi connectivity index (χ1) is 14.6. The molecule has 2 amide bonds. The maximum absolute atomic E-state index is 13.5. The maximum Gasteiger partial charge on any atom is 0.254 e. The molecule has 4 heterocycles. The van der Waals surface area contributed by atoms with Gasteiger partial charge in [-0.1, -0.05) is 24.3 Å². The molecule has 2 aromatic heterocycles. The fourth-order valence-electron chi connectivity index (χ4n) is 4.73. The van der Waals surface area contributed by atoms with E-state index in [1.807, 2.05) is 36.4 Å². The Bertz CT molecular complexity index is 1130. The number of hydrogen-bond acceptors (Lipinski definition) is 5. The molecular formula is C23H20N4O3. The number of carbonyl (C=O) groups is 2. The molecule has 0 aliphatic carbocycles. The van der Waals surface area contributed by atoms with Crippen LogP contribution in [0.1, 0.15) is 33.9 Å². The zero-order valence-electron chi connectivity index (χ0n) is 16.4. The molecule has 2 aliphatic heterocycles. The van der Waals surface area contributed by atoms with Crippen molar-refractivity contribution in [3.8, 4) is 5.88 Å². The van der Waals surface area contributed by atoms with Crippen molar-refractivity contribution in [2.24, 2.45) is 0 Å². The van der Waals surface area contributed by atoms with Crippen LogP contribution in [0.2, 0.25) is 0 Å². The number of pyridine rings is 2. The molecule has 0 saturated carbocycles. The lowest BCUT2D eigenvalue weighted by molar-refractivity contribution is -0.121. The van der Waals surface area contributed by atoms with Gasteiger partial charge in [-0.2, -0.15) is 0 Å². The van der Waals surface area contributed by atoms with Crippen LogP contribution in [-0.2, 0) is 10.2 Å². The molecule has 30 heavy (non-hydrogen) atoms. The number of benzene rings is 1. The Morgan fingerprint density at radius 1 is 1.20 bits per heavy atom. The highest BCUT2D eigenvalue weighted by molar-refractivity contribution is 6.08. The summed E-state index contributed by atoms with van der Waals surface area (Å²) in [6, 6.07) is 14.3. The van der Waals surface area contributed by atoms with Crippen LogP contribution in [0, 0.1) is 0 Å². The molecule has 0 bridgehead atoms. The van der Waals surface area contributed by atoms with Gasteiger partial charge in [-0.15, -0.1) is 0 Å². The van der Waals surface area contributed by atoms with E-state index >= 15 is 0 Å². The van der Waals surface area contributed by atoms with Gasteiger partial charge in [-0.3, -0.25) is 14.6 Å². The van der Waals surface area contributed by atoms with Crippen LogP contribution in [0.3, 0.4) is 0 Å². The van der Waals surface area contributed by atoms with Crippen molar-refractivity contribution in [3.05, 3.63) is 83.8 Å². The molecule has 1 N–H and O–H groups in total. The lowest BCUT2D eigenvalue weighted by atomic mass is 9.73. The van der Waals surface area contributed by atoms with E-state index in [1.54, 1.807) is 35.6 Å². The molecule has 3 aromatic rings. The molecule has 1 saturated heterocycles. The van der Waals surface area contributed by atoms with E-state index in [-0.39, 0.29) is 11.8 Å². The minimum absolute atomic E-state index is 0.0832. The molecule has 2 unspecified atom stereocenters. The summed E-state index contributed by atoms with van der Waals surface area (Å²) in [5.74, 6) is 0.121. The van der Waals surface area contributed by atoms with Crippen molar-refractivity contribution in [1.82, 2.24) is 14.9 Å². The SMILES string of the molecule is COc1cc(C(=O)N2CCC3(C(=O)Nc4ccccc43)C2c2cccnc2)ccn1. The summed E-state index contributed by atoms with van der Waals surface area (Å²) in [7, 11) is 1.51. The molecule has 7 nitrogen and oxygen atoms in total. The highest BCUT2D eigenvalue weighted by atomic mass is 16.5. The summed E-state index contributed by atoms with van der Waals surface area (Å²) < 4.78 is 5.18. The quantitative estimate of drug-likeness (QED) is 0.731. The van der Waals surface area contributed by atoms with Gasteiger partial charge < -0.3 is 15.0 Å². The number of rotatable bonds is 3. The van der Waals surface area contributed by atoms with Crippen LogP contribution in [-0.4, -0.2) is 40.3 Å². The smallest absolute Gasteiger partial charge is 0.254 e. The van der Waals surface area contributed by atoms with E-state index in [1.165, 1.54) is 7.11 Å². The first kappa shape index (κ1) is 18.3. The first-order valence-corrected chi connectivity index (χ1v) is 9.77. The standard InChI is InChI=1S/C23H20N4O3/c1-30-19-13-15(8-11-25-19)21(28)27-12-9-23(20(27)16-5-4-10-24-14-16)17-6-2-3-7-18(17)26-22(23)29/h2-8,10-11,13-14,20H,9,12H2,1H3,(H,26,29). The number of nitrogens with one attached hydrogen (secondary N) is 1. The molecule has 5 rings (SSSR count). The largest absolute Gasteiger partial charge is 0.481 e. The van der Waals surface area contributed by atoms with Gasteiger partial charge in [0.05, 0.1) is 13.2 Å². The number of ether oxygens (including phenoxy) is 1. The Hall–Kier alpha value is -3.74. The van der Waals surface area contributed by atoms with Gasteiger partial charge in [0, 0.05) is 42.5 Å². The Kier molecular flexibility index (Phi) is 4.24. The molecule has 1 fully saturated rings. The molecule has 1 aromatic carbocycles. The lowest BCUT2D eigenvalue weighted by Gasteiger charge is -2.34. The van der Waals surface area contributed by atoms with Gasteiger partial charge in [-0.05, 0) is 35.7 Å². The third-order valence-electron chi connectivity index (χ3n) is 6.04. The number of para-hydroxylation sites is 1. The molecule has 1 spiro atoms. The number of hydrogen-bond donors (Lipinski definition) is 1. The van der Waals surface area contributed by atoms with Crippen LogP contribution < -0.4 is 10.1 Å². The Balaban J connectivity index is 1.65. The minimum Gasteiger partial charge on any atom is -0.481 e. The number of amides is 2. The fraction of sp³-hybridized carbons (Fsp3) is 0.217. The van der Waals surface area contributed by atoms with Crippen molar-refractivity contribution in [3.63, 3.8) is 0 Å². The molecule has 2 atom stereocenters. The first-order valence-electron chi connectivity index (χ1n) is 9.77. The second kappa shape index (κ2) is 6.95. The maximum atomic E-state index is 13.5. The zero-order valence-corrected chi connectivity index (χ0v) is 16.4. The van der Waals surface area contributed by atoms with Gasteiger partial charge in [0.2, 0.25) is 11.8 Å². The van der Waals surface area contributed by atoms with Crippen molar-refractivity contribution in [1.29, 1.82) is 0 Å². The summed E-state index contributed by atoms with van der Waals surface area (Å²) in [4.78, 5) is 37.0. The van der Waals surface area contributed by atoms with E-state index in [0.29, 0.717) is 24.4 Å². The van der Waals surface area contributed by atoms with Crippen molar-refractivity contribution >= 4 is 17.5 Å². The number of aromatic nitrogens is 2. The average Bonchev–Trinajstić information content (AvgIpc) is 3.33. The highest BCUT2D eigenvalue weighted by Gasteiger charge is 2.59. The predicted octanol–water partition coefficient (Wildman–Crippen LogP) is 2.96. The number of carbonyl (C=O) groups excluding carboxylic acids is 2. The zero-order chi connectivity index (χ0) is 20.7. The Labute approximate surface area is 173 Å². The van der Waals surface area contributed by atoms with Gasteiger partial charge in [0.1, 0.15) is 5.41 Å². The van der Waals surface area contributed by atoms with E-state index in [0.717, 1.165) is 16.8 Å². The molecular weight excluding hydrogens is 380 g/mol. The minimum atomic E-state index is -0.855. The van der Waals surface area contributed by atoms with Crippen LogP contribution in [0.4, 0.5) is 5.69 Å². The van der Waals surface area contributed by atoms with Crippen molar-refractivity contribution < 1.29 is 14.3 Å². The van der Waals surface area contributed by atoms with Crippen LogP contribution >= 0.6 is 0 Å². The number of likely N-dealkylation sites (tertiary alicyclic amines) is 1. The number of fused-ring (bicyclic) bond motifs is 2. The van der Waals surface area contributed by atoms with E-state index in [2.05, 4.69) is 15.3 Å². The van der Waals surface area contributed by atoms with Gasteiger partial charge >= 0.3 is 0 Å². The van der Waals surface area contributed by atoms with Crippen LogP contribution in [0.25, 0.3) is 0 Å². The number of methoxy groups -OCH3 is 1. The summed E-state index contributed by atoms with van der Waals surface area (Å²) in [6.45, 7) is 0.449. The monoisotopic (exact) mass is 400 g/mol. The molecule has 2 aliphatic rings. The fourth-order valence-corrected chi connectivity index (χ4v) is 4.73. The molecule has 150 valence electrons. The summed E-state index contributed by atoms with van der Waals surface area (Å²) in [5.41, 5.74) is 2.17. The van der Waals surface area contributed by atoms with E-state index < -0.39 is 11.5 Å². The second-order valence-corrected chi connectivity index (χ2v) is 7.50. The summed E-state index contributed by atoms with van der Waals surface area (Å²) >= 11 is 0. The van der Waals surface area contributed by atoms with Gasteiger partial charge in [0.25, 0.3) is 5.91 Å². The Morgan fingerprint density at radius 2 is 2.07 bits per heavy atom. The van der Waals surface area contributed by atoms with Gasteiger partial charge in [0.15, 0.2) is 0 Å². The normalized spacial score (nSPS) is 22.1. The van der Waals surface area contributed by atoms with E-state index in [4.69, 9.17) is 4.74 Å². The van der Waals surface area contributed by atoms with Crippen molar-refractivity contribution in [2.45, 2.75) is 17.9 Å². The number of anilines is 1. The van der Waals surface area contributed by atoms with Crippen molar-refractivity contribution in [2.75, 3.05) is 19.0 Å². The highest BCUT2D eigenvalue weighted by Crippen LogP contribution is 2.54. The lowest BCUT2D eigenvalue weighted by Crippen LogP contribution is -2.42. The predicted molar refractivity (Wildman–Crippen MR) is 110 cm³/mol. The van der Waals surface area contributed by atoms with Gasteiger partial charge in [-0.25, -0.2) is 4.98 Å². The van der Waals surface area contributed by atoms with E-state index in [9.17, 15) is 9.59 Å². The van der Waals surface area contributed by atoms with Crippen LogP contribution in [0.15, 0.2) is 67.1 Å². The van der Waals surface area contributed by atoms with Crippen LogP contribution in [0.5, 0.6) is 5.88 Å². The second-order valence-electron chi connectivity index (χ2n) is 7.50.